The number of aromatic nitrogens is 2. The van der Waals surface area contributed by atoms with E-state index in [0.29, 0.717) is 36.8 Å². The fourth-order valence-electron chi connectivity index (χ4n) is 3.56. The number of phenols is 1. The standard InChI is InChI=1S/C21H27F3N6O3/c1-11-6-18(28-13-3-5-16(27-10-13)20(32)33-14(8-25)9-26)29-30-19(11)15-4-2-12(7-17(15)31)21(22,23)24/h2,4,6-7,13-14,16,27,31H,3,5,8-10,25-26H2,1H3,(H,28,29)/t13-,16+/m1/s1. The summed E-state index contributed by atoms with van der Waals surface area (Å²) in [6.07, 6.45) is -3.84. The van der Waals surface area contributed by atoms with Crippen LogP contribution in [0.3, 0.4) is 0 Å². The molecule has 1 saturated heterocycles. The van der Waals surface area contributed by atoms with Crippen LogP contribution >= 0.6 is 0 Å². The lowest BCUT2D eigenvalue weighted by Crippen LogP contribution is -2.50. The van der Waals surface area contributed by atoms with Crippen LogP contribution in [0.5, 0.6) is 5.75 Å². The number of carbonyl (C=O) groups excluding carboxylic acids is 1. The molecule has 1 fully saturated rings. The first-order chi connectivity index (χ1) is 15.6. The van der Waals surface area contributed by atoms with Crippen LogP contribution in [0.4, 0.5) is 19.0 Å². The summed E-state index contributed by atoms with van der Waals surface area (Å²) in [4.78, 5) is 12.2. The van der Waals surface area contributed by atoms with Crippen LogP contribution in [0.15, 0.2) is 24.3 Å². The Morgan fingerprint density at radius 1 is 1.27 bits per heavy atom. The van der Waals surface area contributed by atoms with Crippen LogP contribution < -0.4 is 22.1 Å². The lowest BCUT2D eigenvalue weighted by atomic mass is 10.0. The van der Waals surface area contributed by atoms with E-state index in [1.807, 2.05) is 0 Å². The Balaban J connectivity index is 1.61. The number of alkyl halides is 3. The predicted octanol–water partition coefficient (Wildman–Crippen LogP) is 1.54. The first kappa shape index (κ1) is 24.7. The molecule has 0 unspecified atom stereocenters. The Hall–Kier alpha value is -2.96. The molecule has 9 nitrogen and oxygen atoms in total. The molecule has 180 valence electrons. The maximum Gasteiger partial charge on any atom is 0.416 e. The quantitative estimate of drug-likeness (QED) is 0.382. The number of halogens is 3. The van der Waals surface area contributed by atoms with Gasteiger partial charge in [-0.3, -0.25) is 4.79 Å². The average molecular weight is 468 g/mol. The molecule has 2 aromatic rings. The van der Waals surface area contributed by atoms with E-state index in [-0.39, 0.29) is 36.4 Å². The van der Waals surface area contributed by atoms with Crippen molar-refractivity contribution in [1.29, 1.82) is 0 Å². The number of phenolic OH excluding ortho intramolecular Hbond substituents is 1. The molecule has 7 N–H and O–H groups in total. The lowest BCUT2D eigenvalue weighted by Gasteiger charge is -2.30. The van der Waals surface area contributed by atoms with E-state index in [1.54, 1.807) is 13.0 Å². The molecule has 33 heavy (non-hydrogen) atoms. The largest absolute Gasteiger partial charge is 0.507 e. The zero-order chi connectivity index (χ0) is 24.2. The number of piperidine rings is 1. The van der Waals surface area contributed by atoms with E-state index in [0.717, 1.165) is 6.07 Å². The highest BCUT2D eigenvalue weighted by atomic mass is 19.4. The maximum absolute atomic E-state index is 12.8. The number of aryl methyl sites for hydroxylation is 1. The van der Waals surface area contributed by atoms with Gasteiger partial charge in [-0.05, 0) is 49.6 Å². The second kappa shape index (κ2) is 10.3. The number of aromatic hydroxyl groups is 1. The molecule has 1 aromatic carbocycles. The van der Waals surface area contributed by atoms with Crippen molar-refractivity contribution in [3.8, 4) is 17.0 Å². The minimum Gasteiger partial charge on any atom is -0.507 e. The minimum atomic E-state index is -4.55. The Morgan fingerprint density at radius 2 is 2.00 bits per heavy atom. The second-order valence-electron chi connectivity index (χ2n) is 7.90. The van der Waals surface area contributed by atoms with Gasteiger partial charge in [-0.25, -0.2) is 0 Å². The van der Waals surface area contributed by atoms with Crippen LogP contribution in [0.1, 0.15) is 24.0 Å². The SMILES string of the molecule is Cc1cc(N[C@@H]2CC[C@@H](C(=O)OC(CN)CN)NC2)nnc1-c1ccc(C(F)(F)F)cc1O. The number of hydrogen-bond donors (Lipinski definition) is 5. The first-order valence-corrected chi connectivity index (χ1v) is 10.5. The first-order valence-electron chi connectivity index (χ1n) is 10.5. The van der Waals surface area contributed by atoms with Crippen molar-refractivity contribution in [2.75, 3.05) is 25.0 Å². The van der Waals surface area contributed by atoms with Crippen LogP contribution in [-0.2, 0) is 15.7 Å². The molecule has 0 saturated carbocycles. The van der Waals surface area contributed by atoms with Gasteiger partial charge < -0.3 is 31.9 Å². The lowest BCUT2D eigenvalue weighted by molar-refractivity contribution is -0.151. The van der Waals surface area contributed by atoms with Crippen molar-refractivity contribution in [3.63, 3.8) is 0 Å². The number of esters is 1. The molecular formula is C21H27F3N6O3. The number of nitrogens with two attached hydrogens (primary N) is 2. The Kier molecular flexibility index (Phi) is 7.72. The number of ether oxygens (including phenoxy) is 1. The van der Waals surface area contributed by atoms with Gasteiger partial charge in [-0.15, -0.1) is 10.2 Å². The van der Waals surface area contributed by atoms with E-state index in [1.165, 1.54) is 6.07 Å². The molecular weight excluding hydrogens is 441 g/mol. The fourth-order valence-corrected chi connectivity index (χ4v) is 3.56. The molecule has 0 spiro atoms. The summed E-state index contributed by atoms with van der Waals surface area (Å²) in [5.41, 5.74) is 11.1. The zero-order valence-corrected chi connectivity index (χ0v) is 18.0. The van der Waals surface area contributed by atoms with Crippen LogP contribution in [0.25, 0.3) is 11.3 Å². The number of nitrogens with one attached hydrogen (secondary N) is 2. The van der Waals surface area contributed by atoms with Crippen molar-refractivity contribution >= 4 is 11.8 Å². The third-order valence-electron chi connectivity index (χ3n) is 5.42. The molecule has 0 radical (unpaired) electrons. The summed E-state index contributed by atoms with van der Waals surface area (Å²) in [7, 11) is 0. The van der Waals surface area contributed by atoms with Gasteiger partial charge in [0.1, 0.15) is 23.7 Å². The molecule has 2 atom stereocenters. The van der Waals surface area contributed by atoms with Crippen molar-refractivity contribution in [3.05, 3.63) is 35.4 Å². The normalized spacial score (nSPS) is 18.9. The average Bonchev–Trinajstić information content (AvgIpc) is 2.77. The number of nitrogens with zero attached hydrogens (tertiary/aromatic N) is 2. The fraction of sp³-hybridized carbons (Fsp3) is 0.476. The van der Waals surface area contributed by atoms with E-state index in [2.05, 4.69) is 20.8 Å². The summed E-state index contributed by atoms with van der Waals surface area (Å²) in [5, 5.41) is 24.6. The monoisotopic (exact) mass is 468 g/mol. The summed E-state index contributed by atoms with van der Waals surface area (Å²) in [5.74, 6) is -0.434. The van der Waals surface area contributed by atoms with Crippen molar-refractivity contribution in [2.24, 2.45) is 11.5 Å². The molecule has 0 aliphatic carbocycles. The van der Waals surface area contributed by atoms with Gasteiger partial charge in [0, 0.05) is 31.2 Å². The molecule has 0 bridgehead atoms. The Bertz CT molecular complexity index is 976. The van der Waals surface area contributed by atoms with Crippen molar-refractivity contribution in [1.82, 2.24) is 15.5 Å². The predicted molar refractivity (Wildman–Crippen MR) is 115 cm³/mol. The Labute approximate surface area is 188 Å². The second-order valence-corrected chi connectivity index (χ2v) is 7.90. The number of hydrogen-bond acceptors (Lipinski definition) is 9. The third-order valence-corrected chi connectivity index (χ3v) is 5.42. The molecule has 1 aliphatic rings. The van der Waals surface area contributed by atoms with E-state index < -0.39 is 29.6 Å². The van der Waals surface area contributed by atoms with Crippen molar-refractivity contribution in [2.45, 2.75) is 44.1 Å². The summed E-state index contributed by atoms with van der Waals surface area (Å²) < 4.78 is 43.7. The highest BCUT2D eigenvalue weighted by molar-refractivity contribution is 5.76. The molecule has 0 amide bonds. The molecule has 2 heterocycles. The molecule has 1 aromatic heterocycles. The number of anilines is 1. The van der Waals surface area contributed by atoms with E-state index in [4.69, 9.17) is 16.2 Å². The summed E-state index contributed by atoms with van der Waals surface area (Å²) in [6, 6.07) is 3.97. The van der Waals surface area contributed by atoms with Crippen LogP contribution in [0.2, 0.25) is 0 Å². The number of carbonyl (C=O) groups is 1. The maximum atomic E-state index is 12.8. The van der Waals surface area contributed by atoms with Gasteiger partial charge in [0.25, 0.3) is 0 Å². The highest BCUT2D eigenvalue weighted by Gasteiger charge is 2.31. The molecule has 1 aliphatic heterocycles. The third kappa shape index (κ3) is 6.09. The van der Waals surface area contributed by atoms with Gasteiger partial charge in [-0.2, -0.15) is 13.2 Å². The summed E-state index contributed by atoms with van der Waals surface area (Å²) >= 11 is 0. The highest BCUT2D eigenvalue weighted by Crippen LogP contribution is 2.36. The van der Waals surface area contributed by atoms with Gasteiger partial charge in [0.2, 0.25) is 0 Å². The minimum absolute atomic E-state index is 0.0205. The van der Waals surface area contributed by atoms with Crippen LogP contribution in [0, 0.1) is 6.92 Å². The van der Waals surface area contributed by atoms with E-state index >= 15 is 0 Å². The molecule has 12 heteroatoms. The van der Waals surface area contributed by atoms with E-state index in [9.17, 15) is 23.1 Å². The van der Waals surface area contributed by atoms with Gasteiger partial charge in [0.15, 0.2) is 0 Å². The smallest absolute Gasteiger partial charge is 0.416 e. The van der Waals surface area contributed by atoms with Gasteiger partial charge >= 0.3 is 12.1 Å². The van der Waals surface area contributed by atoms with Crippen LogP contribution in [-0.4, -0.2) is 59.1 Å². The Morgan fingerprint density at radius 3 is 2.55 bits per heavy atom. The number of rotatable bonds is 7. The molecule has 3 rings (SSSR count). The number of benzene rings is 1. The topological polar surface area (TPSA) is 148 Å². The zero-order valence-electron chi connectivity index (χ0n) is 18.0. The van der Waals surface area contributed by atoms with Gasteiger partial charge in [-0.1, -0.05) is 0 Å². The summed E-state index contributed by atoms with van der Waals surface area (Å²) in [6.45, 7) is 2.54. The van der Waals surface area contributed by atoms with Crippen molar-refractivity contribution < 1.29 is 27.8 Å². The van der Waals surface area contributed by atoms with Gasteiger partial charge in [0.05, 0.1) is 11.3 Å².